The summed E-state index contributed by atoms with van der Waals surface area (Å²) in [5.41, 5.74) is 6.62. The van der Waals surface area contributed by atoms with Crippen LogP contribution in [0.25, 0.3) is 11.0 Å². The van der Waals surface area contributed by atoms with Gasteiger partial charge in [0.25, 0.3) is 5.91 Å². The zero-order valence-corrected chi connectivity index (χ0v) is 15.5. The highest BCUT2D eigenvalue weighted by Gasteiger charge is 2.17. The van der Waals surface area contributed by atoms with Gasteiger partial charge >= 0.3 is 5.91 Å². The first-order valence-corrected chi connectivity index (χ1v) is 8.97. The van der Waals surface area contributed by atoms with Gasteiger partial charge in [-0.2, -0.15) is 0 Å². The number of aryl methyl sites for hydroxylation is 1. The standard InChI is InChI=1S/C21H21N3O4/c1-14-16-10-5-6-11-17(16)28-19(14)21(27)24-23-18(25)12-7-13-22-20(26)15-8-3-2-4-9-15/h2-6,8-11H,7,12-13H2,1H3,(H,22,26)(H,23,25)(H,24,27). The Kier molecular flexibility index (Phi) is 6.06. The Balaban J connectivity index is 1.41. The predicted octanol–water partition coefficient (Wildman–Crippen LogP) is 2.71. The number of fused-ring (bicyclic) bond motifs is 1. The van der Waals surface area contributed by atoms with Crippen LogP contribution in [0.5, 0.6) is 0 Å². The van der Waals surface area contributed by atoms with Crippen molar-refractivity contribution in [3.05, 3.63) is 71.5 Å². The zero-order valence-electron chi connectivity index (χ0n) is 15.5. The summed E-state index contributed by atoms with van der Waals surface area (Å²) in [5, 5.41) is 3.60. The van der Waals surface area contributed by atoms with E-state index in [-0.39, 0.29) is 24.0 Å². The molecule has 0 radical (unpaired) electrons. The molecule has 7 heteroatoms. The molecule has 2 aromatic carbocycles. The van der Waals surface area contributed by atoms with Gasteiger partial charge < -0.3 is 9.73 Å². The van der Waals surface area contributed by atoms with Gasteiger partial charge in [-0.3, -0.25) is 25.2 Å². The minimum Gasteiger partial charge on any atom is -0.451 e. The van der Waals surface area contributed by atoms with Crippen LogP contribution in [0.15, 0.2) is 59.0 Å². The lowest BCUT2D eigenvalue weighted by Gasteiger charge is -2.07. The lowest BCUT2D eigenvalue weighted by atomic mass is 10.1. The molecule has 0 atom stereocenters. The first-order valence-electron chi connectivity index (χ1n) is 8.97. The quantitative estimate of drug-likeness (QED) is 0.453. The molecule has 3 N–H and O–H groups in total. The van der Waals surface area contributed by atoms with Gasteiger partial charge in [-0.15, -0.1) is 0 Å². The molecule has 3 aromatic rings. The summed E-state index contributed by atoms with van der Waals surface area (Å²) < 4.78 is 5.55. The van der Waals surface area contributed by atoms with E-state index in [4.69, 9.17) is 4.42 Å². The summed E-state index contributed by atoms with van der Waals surface area (Å²) in [6.45, 7) is 2.15. The number of carbonyl (C=O) groups is 3. The van der Waals surface area contributed by atoms with Gasteiger partial charge in [-0.05, 0) is 31.5 Å². The van der Waals surface area contributed by atoms with E-state index in [1.165, 1.54) is 0 Å². The molecule has 1 aromatic heterocycles. The maximum Gasteiger partial charge on any atom is 0.305 e. The molecule has 0 aliphatic rings. The fourth-order valence-electron chi connectivity index (χ4n) is 2.78. The van der Waals surface area contributed by atoms with Crippen molar-refractivity contribution in [1.29, 1.82) is 0 Å². The number of carbonyl (C=O) groups excluding carboxylic acids is 3. The highest BCUT2D eigenvalue weighted by atomic mass is 16.3. The molecule has 3 amide bonds. The number of nitrogens with one attached hydrogen (secondary N) is 3. The maximum absolute atomic E-state index is 12.2. The fourth-order valence-corrected chi connectivity index (χ4v) is 2.78. The van der Waals surface area contributed by atoms with Crippen molar-refractivity contribution in [2.45, 2.75) is 19.8 Å². The van der Waals surface area contributed by atoms with Crippen LogP contribution in [0, 0.1) is 6.92 Å². The molecule has 144 valence electrons. The van der Waals surface area contributed by atoms with Gasteiger partial charge in [0.15, 0.2) is 5.76 Å². The predicted molar refractivity (Wildman–Crippen MR) is 105 cm³/mol. The molecule has 0 fully saturated rings. The van der Waals surface area contributed by atoms with Crippen molar-refractivity contribution in [2.75, 3.05) is 6.54 Å². The molecule has 0 unspecified atom stereocenters. The average Bonchev–Trinajstić information content (AvgIpc) is 3.07. The van der Waals surface area contributed by atoms with Crippen LogP contribution < -0.4 is 16.2 Å². The molecule has 0 bridgehead atoms. The van der Waals surface area contributed by atoms with Gasteiger partial charge in [0.1, 0.15) is 5.58 Å². The lowest BCUT2D eigenvalue weighted by Crippen LogP contribution is -2.41. The minimum atomic E-state index is -0.514. The molecule has 0 saturated carbocycles. The van der Waals surface area contributed by atoms with Gasteiger partial charge in [0.05, 0.1) is 0 Å². The third kappa shape index (κ3) is 4.56. The molecular weight excluding hydrogens is 358 g/mol. The van der Waals surface area contributed by atoms with Crippen molar-refractivity contribution in [1.82, 2.24) is 16.2 Å². The van der Waals surface area contributed by atoms with E-state index in [9.17, 15) is 14.4 Å². The van der Waals surface area contributed by atoms with Crippen molar-refractivity contribution in [3.8, 4) is 0 Å². The highest BCUT2D eigenvalue weighted by molar-refractivity contribution is 5.99. The van der Waals surface area contributed by atoms with Gasteiger partial charge in [-0.25, -0.2) is 0 Å². The smallest absolute Gasteiger partial charge is 0.305 e. The topological polar surface area (TPSA) is 100 Å². The Labute approximate surface area is 162 Å². The van der Waals surface area contributed by atoms with Crippen LogP contribution in [0.1, 0.15) is 39.3 Å². The Hall–Kier alpha value is -3.61. The minimum absolute atomic E-state index is 0.161. The van der Waals surface area contributed by atoms with E-state index in [0.717, 1.165) is 5.39 Å². The largest absolute Gasteiger partial charge is 0.451 e. The van der Waals surface area contributed by atoms with E-state index in [0.29, 0.717) is 29.7 Å². The van der Waals surface area contributed by atoms with E-state index in [2.05, 4.69) is 16.2 Å². The molecule has 3 rings (SSSR count). The van der Waals surface area contributed by atoms with E-state index in [1.807, 2.05) is 24.3 Å². The first kappa shape index (κ1) is 19.2. The zero-order chi connectivity index (χ0) is 19.9. The lowest BCUT2D eigenvalue weighted by molar-refractivity contribution is -0.121. The van der Waals surface area contributed by atoms with E-state index >= 15 is 0 Å². The first-order chi connectivity index (χ1) is 13.6. The Morgan fingerprint density at radius 3 is 2.36 bits per heavy atom. The number of benzene rings is 2. The van der Waals surface area contributed by atoms with Crippen molar-refractivity contribution in [3.63, 3.8) is 0 Å². The Morgan fingerprint density at radius 1 is 0.893 bits per heavy atom. The maximum atomic E-state index is 12.2. The number of furan rings is 1. The fraction of sp³-hybridized carbons (Fsp3) is 0.190. The summed E-state index contributed by atoms with van der Waals surface area (Å²) >= 11 is 0. The van der Waals surface area contributed by atoms with Crippen molar-refractivity contribution < 1.29 is 18.8 Å². The number of hydrogen-bond acceptors (Lipinski definition) is 4. The molecular formula is C21H21N3O4. The van der Waals surface area contributed by atoms with Crippen LogP contribution in [-0.2, 0) is 4.79 Å². The van der Waals surface area contributed by atoms with Crippen LogP contribution in [-0.4, -0.2) is 24.3 Å². The van der Waals surface area contributed by atoms with E-state index < -0.39 is 5.91 Å². The number of hydrazine groups is 1. The molecule has 7 nitrogen and oxygen atoms in total. The van der Waals surface area contributed by atoms with Gasteiger partial charge in [0.2, 0.25) is 5.91 Å². The summed E-state index contributed by atoms with van der Waals surface area (Å²) in [7, 11) is 0. The summed E-state index contributed by atoms with van der Waals surface area (Å²) in [6.07, 6.45) is 0.610. The molecule has 0 spiro atoms. The summed E-state index contributed by atoms with van der Waals surface area (Å²) in [5.74, 6) is -0.887. The molecule has 0 saturated heterocycles. The van der Waals surface area contributed by atoms with Crippen LogP contribution in [0.2, 0.25) is 0 Å². The second-order valence-electron chi connectivity index (χ2n) is 6.28. The van der Waals surface area contributed by atoms with Crippen LogP contribution in [0.4, 0.5) is 0 Å². The third-order valence-electron chi connectivity index (χ3n) is 4.27. The van der Waals surface area contributed by atoms with Crippen molar-refractivity contribution >= 4 is 28.7 Å². The van der Waals surface area contributed by atoms with Crippen LogP contribution in [0.3, 0.4) is 0 Å². The van der Waals surface area contributed by atoms with Crippen molar-refractivity contribution in [2.24, 2.45) is 0 Å². The Morgan fingerprint density at radius 2 is 1.61 bits per heavy atom. The second kappa shape index (κ2) is 8.85. The third-order valence-corrected chi connectivity index (χ3v) is 4.27. The SMILES string of the molecule is Cc1c(C(=O)NNC(=O)CCCNC(=O)c2ccccc2)oc2ccccc12. The molecule has 0 aliphatic carbocycles. The van der Waals surface area contributed by atoms with Gasteiger partial charge in [0, 0.05) is 29.5 Å². The molecule has 0 aliphatic heterocycles. The number of amides is 3. The Bertz CT molecular complexity index is 995. The normalized spacial score (nSPS) is 10.5. The monoisotopic (exact) mass is 379 g/mol. The number of para-hydroxylation sites is 1. The van der Waals surface area contributed by atoms with E-state index in [1.54, 1.807) is 37.3 Å². The summed E-state index contributed by atoms with van der Waals surface area (Å²) in [4.78, 5) is 36.0. The number of rotatable bonds is 6. The van der Waals surface area contributed by atoms with Crippen LogP contribution >= 0.6 is 0 Å². The molecule has 1 heterocycles. The average molecular weight is 379 g/mol. The molecule has 28 heavy (non-hydrogen) atoms. The highest BCUT2D eigenvalue weighted by Crippen LogP contribution is 2.24. The number of hydrogen-bond donors (Lipinski definition) is 3. The van der Waals surface area contributed by atoms with Gasteiger partial charge in [-0.1, -0.05) is 36.4 Å². The second-order valence-corrected chi connectivity index (χ2v) is 6.28. The summed E-state index contributed by atoms with van der Waals surface area (Å²) in [6, 6.07) is 16.2.